The average Bonchev–Trinajstić information content (AvgIpc) is 2.47. The van der Waals surface area contributed by atoms with Crippen LogP contribution in [-0.4, -0.2) is 18.2 Å². The molecule has 0 aliphatic heterocycles. The molecule has 0 aliphatic carbocycles. The standard InChI is InChI=1S/C16H14O3/c1-2-19-14-11-7-6-10-13(14)16(18)15(17)12-8-4-3-5-9-12/h3-11H,2H2,1H3. The largest absolute Gasteiger partial charge is 0.493 e. The van der Waals surface area contributed by atoms with E-state index in [2.05, 4.69) is 0 Å². The van der Waals surface area contributed by atoms with E-state index in [4.69, 9.17) is 4.74 Å². The van der Waals surface area contributed by atoms with Crippen LogP contribution >= 0.6 is 0 Å². The van der Waals surface area contributed by atoms with E-state index in [1.807, 2.05) is 6.92 Å². The molecule has 0 spiro atoms. The first-order valence-electron chi connectivity index (χ1n) is 6.10. The summed E-state index contributed by atoms with van der Waals surface area (Å²) in [5.74, 6) is -0.623. The molecule has 0 N–H and O–H groups in total. The monoisotopic (exact) mass is 254 g/mol. The van der Waals surface area contributed by atoms with Gasteiger partial charge in [0.2, 0.25) is 11.6 Å². The molecule has 0 saturated heterocycles. The molecule has 0 bridgehead atoms. The van der Waals surface area contributed by atoms with E-state index in [-0.39, 0.29) is 0 Å². The number of para-hydroxylation sites is 1. The van der Waals surface area contributed by atoms with Crippen molar-refractivity contribution < 1.29 is 14.3 Å². The van der Waals surface area contributed by atoms with Crippen molar-refractivity contribution >= 4 is 11.6 Å². The van der Waals surface area contributed by atoms with E-state index in [0.717, 1.165) is 0 Å². The quantitative estimate of drug-likeness (QED) is 0.608. The van der Waals surface area contributed by atoms with Gasteiger partial charge in [0.25, 0.3) is 0 Å². The van der Waals surface area contributed by atoms with Crippen LogP contribution in [0.2, 0.25) is 0 Å². The molecule has 0 aliphatic rings. The normalized spacial score (nSPS) is 9.95. The van der Waals surface area contributed by atoms with Crippen LogP contribution in [-0.2, 0) is 0 Å². The molecule has 0 unspecified atom stereocenters. The van der Waals surface area contributed by atoms with Gasteiger partial charge in [0.1, 0.15) is 5.75 Å². The fraction of sp³-hybridized carbons (Fsp3) is 0.125. The average molecular weight is 254 g/mol. The summed E-state index contributed by atoms with van der Waals surface area (Å²) in [5, 5.41) is 0. The van der Waals surface area contributed by atoms with Crippen LogP contribution in [0.1, 0.15) is 27.6 Å². The molecular weight excluding hydrogens is 240 g/mol. The van der Waals surface area contributed by atoms with Crippen LogP contribution in [0, 0.1) is 0 Å². The zero-order chi connectivity index (χ0) is 13.7. The molecule has 0 heterocycles. The van der Waals surface area contributed by atoms with Crippen molar-refractivity contribution in [2.24, 2.45) is 0 Å². The van der Waals surface area contributed by atoms with Gasteiger partial charge in [-0.15, -0.1) is 0 Å². The second kappa shape index (κ2) is 5.96. The van der Waals surface area contributed by atoms with Gasteiger partial charge in [0.15, 0.2) is 0 Å². The van der Waals surface area contributed by atoms with Crippen molar-refractivity contribution in [2.75, 3.05) is 6.61 Å². The maximum Gasteiger partial charge on any atom is 0.237 e. The first kappa shape index (κ1) is 13.0. The topological polar surface area (TPSA) is 43.4 Å². The molecule has 0 atom stereocenters. The Kier molecular flexibility index (Phi) is 4.08. The van der Waals surface area contributed by atoms with Gasteiger partial charge in [0.05, 0.1) is 12.2 Å². The number of carbonyl (C=O) groups excluding carboxylic acids is 2. The highest BCUT2D eigenvalue weighted by Gasteiger charge is 2.21. The van der Waals surface area contributed by atoms with Crippen molar-refractivity contribution in [3.8, 4) is 5.75 Å². The maximum absolute atomic E-state index is 12.2. The van der Waals surface area contributed by atoms with Gasteiger partial charge in [0, 0.05) is 5.56 Å². The minimum atomic E-state index is -0.546. The van der Waals surface area contributed by atoms with Crippen LogP contribution in [0.3, 0.4) is 0 Å². The van der Waals surface area contributed by atoms with E-state index < -0.39 is 11.6 Å². The number of ketones is 2. The number of carbonyl (C=O) groups is 2. The third kappa shape index (κ3) is 2.88. The molecule has 0 saturated carbocycles. The number of Topliss-reactive ketones (excluding diaryl/α,β-unsaturated/α-hetero) is 2. The maximum atomic E-state index is 12.2. The van der Waals surface area contributed by atoms with Crippen molar-refractivity contribution in [1.29, 1.82) is 0 Å². The number of hydrogen-bond donors (Lipinski definition) is 0. The zero-order valence-electron chi connectivity index (χ0n) is 10.6. The summed E-state index contributed by atoms with van der Waals surface area (Å²) in [5.41, 5.74) is 0.692. The van der Waals surface area contributed by atoms with Crippen LogP contribution in [0.25, 0.3) is 0 Å². The third-order valence-electron chi connectivity index (χ3n) is 2.67. The smallest absolute Gasteiger partial charge is 0.237 e. The summed E-state index contributed by atoms with van der Waals surface area (Å²) in [4.78, 5) is 24.3. The third-order valence-corrected chi connectivity index (χ3v) is 2.67. The minimum Gasteiger partial charge on any atom is -0.493 e. The molecule has 3 heteroatoms. The first-order chi connectivity index (χ1) is 9.24. The van der Waals surface area contributed by atoms with E-state index in [1.165, 1.54) is 0 Å². The van der Waals surface area contributed by atoms with Crippen molar-refractivity contribution in [1.82, 2.24) is 0 Å². The lowest BCUT2D eigenvalue weighted by molar-refractivity contribution is 0.0814. The Morgan fingerprint density at radius 1 is 0.895 bits per heavy atom. The molecular formula is C16H14O3. The van der Waals surface area contributed by atoms with Crippen molar-refractivity contribution in [3.63, 3.8) is 0 Å². The molecule has 2 rings (SSSR count). The minimum absolute atomic E-state index is 0.304. The van der Waals surface area contributed by atoms with Gasteiger partial charge >= 0.3 is 0 Å². The molecule has 2 aromatic carbocycles. The van der Waals surface area contributed by atoms with Crippen LogP contribution in [0.4, 0.5) is 0 Å². The molecule has 0 aromatic heterocycles. The highest BCUT2D eigenvalue weighted by atomic mass is 16.5. The van der Waals surface area contributed by atoms with Gasteiger partial charge in [-0.25, -0.2) is 0 Å². The molecule has 0 fully saturated rings. The van der Waals surface area contributed by atoms with Gasteiger partial charge in [-0.1, -0.05) is 42.5 Å². The molecule has 3 nitrogen and oxygen atoms in total. The summed E-state index contributed by atoms with van der Waals surface area (Å²) in [7, 11) is 0. The Bertz CT molecular complexity index is 588. The van der Waals surface area contributed by atoms with E-state index in [0.29, 0.717) is 23.5 Å². The number of ether oxygens (including phenoxy) is 1. The summed E-state index contributed by atoms with van der Waals surface area (Å²) >= 11 is 0. The molecule has 0 radical (unpaired) electrons. The Labute approximate surface area is 111 Å². The Morgan fingerprint density at radius 2 is 1.53 bits per heavy atom. The van der Waals surface area contributed by atoms with Crippen LogP contribution in [0.5, 0.6) is 5.75 Å². The summed E-state index contributed by atoms with van der Waals surface area (Å²) < 4.78 is 5.37. The molecule has 96 valence electrons. The lowest BCUT2D eigenvalue weighted by Gasteiger charge is -2.08. The Hall–Kier alpha value is -2.42. The van der Waals surface area contributed by atoms with E-state index in [1.54, 1.807) is 54.6 Å². The van der Waals surface area contributed by atoms with Gasteiger partial charge in [-0.2, -0.15) is 0 Å². The fourth-order valence-corrected chi connectivity index (χ4v) is 1.78. The van der Waals surface area contributed by atoms with E-state index in [9.17, 15) is 9.59 Å². The van der Waals surface area contributed by atoms with Crippen LogP contribution < -0.4 is 4.74 Å². The SMILES string of the molecule is CCOc1ccccc1C(=O)C(=O)c1ccccc1. The zero-order valence-corrected chi connectivity index (χ0v) is 10.6. The lowest BCUT2D eigenvalue weighted by Crippen LogP contribution is -2.15. The van der Waals surface area contributed by atoms with Gasteiger partial charge in [-0.3, -0.25) is 9.59 Å². The lowest BCUT2D eigenvalue weighted by atomic mass is 10.0. The Morgan fingerprint density at radius 3 is 2.21 bits per heavy atom. The molecule has 0 amide bonds. The fourth-order valence-electron chi connectivity index (χ4n) is 1.78. The van der Waals surface area contributed by atoms with Crippen molar-refractivity contribution in [3.05, 3.63) is 65.7 Å². The number of rotatable bonds is 5. The summed E-state index contributed by atoms with van der Waals surface area (Å²) in [6, 6.07) is 15.3. The summed E-state index contributed by atoms with van der Waals surface area (Å²) in [6.45, 7) is 2.28. The van der Waals surface area contributed by atoms with Gasteiger partial charge < -0.3 is 4.74 Å². The van der Waals surface area contributed by atoms with E-state index >= 15 is 0 Å². The van der Waals surface area contributed by atoms with Crippen molar-refractivity contribution in [2.45, 2.75) is 6.92 Å². The predicted octanol–water partition coefficient (Wildman–Crippen LogP) is 3.15. The first-order valence-corrected chi connectivity index (χ1v) is 6.10. The predicted molar refractivity (Wildman–Crippen MR) is 72.7 cm³/mol. The van der Waals surface area contributed by atoms with Gasteiger partial charge in [-0.05, 0) is 19.1 Å². The molecule has 19 heavy (non-hydrogen) atoms. The van der Waals surface area contributed by atoms with Crippen LogP contribution in [0.15, 0.2) is 54.6 Å². The highest BCUT2D eigenvalue weighted by molar-refractivity contribution is 6.49. The number of benzene rings is 2. The molecule has 2 aromatic rings. The highest BCUT2D eigenvalue weighted by Crippen LogP contribution is 2.20. The second-order valence-electron chi connectivity index (χ2n) is 3.95. The number of hydrogen-bond acceptors (Lipinski definition) is 3. The summed E-state index contributed by atoms with van der Waals surface area (Å²) in [6.07, 6.45) is 0. The Balaban J connectivity index is 2.32. The second-order valence-corrected chi connectivity index (χ2v) is 3.95.